The molecule has 1 amide bonds. The molecule has 152 valence electrons. The molecule has 0 bridgehead atoms. The normalized spacial score (nSPS) is 13.2. The molecule has 1 heterocycles. The SMILES string of the molecule is COP(=O)([O-])OCCCNC(=O)Cc1ncc2ccccc2c1-c1ccccc1. The summed E-state index contributed by atoms with van der Waals surface area (Å²) in [7, 11) is -3.19. The third kappa shape index (κ3) is 5.71. The number of hydrogen-bond acceptors (Lipinski definition) is 6. The van der Waals surface area contributed by atoms with Crippen molar-refractivity contribution in [2.24, 2.45) is 0 Å². The Hall–Kier alpha value is -2.57. The number of phosphoric acid groups is 1. The maximum absolute atomic E-state index is 12.4. The number of benzene rings is 2. The van der Waals surface area contributed by atoms with E-state index in [4.69, 9.17) is 0 Å². The van der Waals surface area contributed by atoms with E-state index >= 15 is 0 Å². The van der Waals surface area contributed by atoms with E-state index < -0.39 is 7.82 Å². The van der Waals surface area contributed by atoms with E-state index in [-0.39, 0.29) is 25.5 Å². The maximum atomic E-state index is 12.4. The van der Waals surface area contributed by atoms with Crippen molar-refractivity contribution < 1.29 is 23.3 Å². The Morgan fingerprint density at radius 1 is 1.14 bits per heavy atom. The van der Waals surface area contributed by atoms with Gasteiger partial charge in [-0.2, -0.15) is 0 Å². The summed E-state index contributed by atoms with van der Waals surface area (Å²) in [6.45, 7) is 0.231. The molecule has 0 saturated carbocycles. The molecular formula is C21H22N2O5P-. The Morgan fingerprint density at radius 3 is 2.62 bits per heavy atom. The largest absolute Gasteiger partial charge is 0.756 e. The molecule has 7 nitrogen and oxygen atoms in total. The van der Waals surface area contributed by atoms with E-state index in [1.165, 1.54) is 0 Å². The molecule has 0 radical (unpaired) electrons. The summed E-state index contributed by atoms with van der Waals surface area (Å²) in [6, 6.07) is 17.8. The molecule has 0 aliphatic rings. The van der Waals surface area contributed by atoms with Gasteiger partial charge >= 0.3 is 0 Å². The van der Waals surface area contributed by atoms with Gasteiger partial charge in [-0.05, 0) is 17.4 Å². The van der Waals surface area contributed by atoms with E-state index in [9.17, 15) is 14.3 Å². The Balaban J connectivity index is 1.70. The van der Waals surface area contributed by atoms with Crippen LogP contribution in [0.1, 0.15) is 12.1 Å². The van der Waals surface area contributed by atoms with Gasteiger partial charge in [0.2, 0.25) is 5.91 Å². The van der Waals surface area contributed by atoms with Crippen molar-refractivity contribution >= 4 is 24.5 Å². The van der Waals surface area contributed by atoms with Crippen LogP contribution >= 0.6 is 7.82 Å². The Kier molecular flexibility index (Phi) is 7.12. The Labute approximate surface area is 169 Å². The zero-order valence-electron chi connectivity index (χ0n) is 16.0. The first kappa shape index (κ1) is 21.1. The number of pyridine rings is 1. The molecule has 2 aromatic carbocycles. The third-order valence-corrected chi connectivity index (χ3v) is 5.33. The number of carbonyl (C=O) groups is 1. The average molecular weight is 413 g/mol. The van der Waals surface area contributed by atoms with Gasteiger partial charge in [-0.1, -0.05) is 54.6 Å². The van der Waals surface area contributed by atoms with Crippen molar-refractivity contribution in [3.05, 3.63) is 66.5 Å². The zero-order chi connectivity index (χ0) is 20.7. The van der Waals surface area contributed by atoms with Crippen molar-refractivity contribution in [3.8, 4) is 11.1 Å². The number of aromatic nitrogens is 1. The van der Waals surface area contributed by atoms with Gasteiger partial charge in [-0.25, -0.2) is 0 Å². The molecule has 1 unspecified atom stereocenters. The topological polar surface area (TPSA) is 101 Å². The van der Waals surface area contributed by atoms with Crippen molar-refractivity contribution in [2.75, 3.05) is 20.3 Å². The summed E-state index contributed by atoms with van der Waals surface area (Å²) in [5.41, 5.74) is 2.63. The van der Waals surface area contributed by atoms with Gasteiger partial charge in [0.05, 0.1) is 18.7 Å². The zero-order valence-corrected chi connectivity index (χ0v) is 16.9. The smallest absolute Gasteiger partial charge is 0.267 e. The highest BCUT2D eigenvalue weighted by Crippen LogP contribution is 2.36. The molecule has 0 saturated heterocycles. The van der Waals surface area contributed by atoms with Crippen LogP contribution in [0.5, 0.6) is 0 Å². The van der Waals surface area contributed by atoms with Crippen molar-refractivity contribution in [2.45, 2.75) is 12.8 Å². The number of hydrogen-bond donors (Lipinski definition) is 1. The van der Waals surface area contributed by atoms with Crippen LogP contribution in [0.4, 0.5) is 0 Å². The highest BCUT2D eigenvalue weighted by molar-refractivity contribution is 7.45. The van der Waals surface area contributed by atoms with Crippen LogP contribution in [0.3, 0.4) is 0 Å². The summed E-state index contributed by atoms with van der Waals surface area (Å²) < 4.78 is 19.9. The standard InChI is InChI=1S/C21H23N2O5P/c1-27-29(25,26)28-13-7-12-22-20(24)14-19-21(16-8-3-2-4-9-16)18-11-6-5-10-17(18)15-23-19/h2-6,8-11,15H,7,12-14H2,1H3,(H,22,24)(H,25,26)/p-1. The number of nitrogens with zero attached hydrogens (tertiary/aromatic N) is 1. The predicted molar refractivity (Wildman–Crippen MR) is 109 cm³/mol. The fourth-order valence-corrected chi connectivity index (χ4v) is 3.47. The summed E-state index contributed by atoms with van der Waals surface area (Å²) in [6.07, 6.45) is 2.24. The molecule has 3 rings (SSSR count). The van der Waals surface area contributed by atoms with Crippen LogP contribution < -0.4 is 10.2 Å². The minimum absolute atomic E-state index is 0.0572. The third-order valence-electron chi connectivity index (χ3n) is 4.38. The van der Waals surface area contributed by atoms with Crippen LogP contribution in [0.15, 0.2) is 60.8 Å². The summed E-state index contributed by atoms with van der Waals surface area (Å²) in [5.74, 6) is -0.193. The Morgan fingerprint density at radius 2 is 1.86 bits per heavy atom. The summed E-state index contributed by atoms with van der Waals surface area (Å²) in [4.78, 5) is 28.1. The second-order valence-electron chi connectivity index (χ2n) is 6.38. The van der Waals surface area contributed by atoms with E-state index in [1.54, 1.807) is 6.20 Å². The van der Waals surface area contributed by atoms with Gasteiger partial charge in [0.15, 0.2) is 0 Å². The molecule has 1 atom stereocenters. The first-order valence-corrected chi connectivity index (χ1v) is 10.7. The number of nitrogens with one attached hydrogen (secondary N) is 1. The first-order valence-electron chi connectivity index (χ1n) is 9.20. The van der Waals surface area contributed by atoms with E-state index in [0.717, 1.165) is 29.0 Å². The van der Waals surface area contributed by atoms with Gasteiger partial charge in [0.1, 0.15) is 0 Å². The Bertz CT molecular complexity index is 1030. The van der Waals surface area contributed by atoms with Crippen LogP contribution in [0, 0.1) is 0 Å². The van der Waals surface area contributed by atoms with Crippen molar-refractivity contribution in [1.82, 2.24) is 10.3 Å². The molecule has 0 spiro atoms. The molecule has 0 aliphatic heterocycles. The molecule has 8 heteroatoms. The molecule has 0 fully saturated rings. The molecule has 1 aromatic heterocycles. The van der Waals surface area contributed by atoms with Crippen molar-refractivity contribution in [1.29, 1.82) is 0 Å². The van der Waals surface area contributed by atoms with Crippen LogP contribution in [0.25, 0.3) is 21.9 Å². The fraction of sp³-hybridized carbons (Fsp3) is 0.238. The quantitative estimate of drug-likeness (QED) is 0.427. The molecule has 29 heavy (non-hydrogen) atoms. The monoisotopic (exact) mass is 413 g/mol. The van der Waals surface area contributed by atoms with Gasteiger partial charge in [0, 0.05) is 30.8 Å². The average Bonchev–Trinajstić information content (AvgIpc) is 2.74. The lowest BCUT2D eigenvalue weighted by Gasteiger charge is -2.20. The molecule has 1 N–H and O–H groups in total. The fourth-order valence-electron chi connectivity index (χ4n) is 3.01. The van der Waals surface area contributed by atoms with Crippen LogP contribution in [-0.2, 0) is 24.8 Å². The minimum atomic E-state index is -4.23. The summed E-state index contributed by atoms with van der Waals surface area (Å²) >= 11 is 0. The molecular weight excluding hydrogens is 391 g/mol. The second kappa shape index (κ2) is 9.76. The highest BCUT2D eigenvalue weighted by atomic mass is 31.2. The van der Waals surface area contributed by atoms with Crippen LogP contribution in [0.2, 0.25) is 0 Å². The molecule has 3 aromatic rings. The van der Waals surface area contributed by atoms with Gasteiger partial charge in [0.25, 0.3) is 7.82 Å². The number of rotatable bonds is 9. The molecule has 0 aliphatic carbocycles. The van der Waals surface area contributed by atoms with Gasteiger partial charge in [-0.3, -0.25) is 14.3 Å². The lowest BCUT2D eigenvalue weighted by Crippen LogP contribution is -2.27. The maximum Gasteiger partial charge on any atom is 0.267 e. The second-order valence-corrected chi connectivity index (χ2v) is 7.89. The summed E-state index contributed by atoms with van der Waals surface area (Å²) in [5, 5.41) is 4.82. The number of carbonyl (C=O) groups excluding carboxylic acids is 1. The lowest BCUT2D eigenvalue weighted by atomic mass is 9.96. The first-order chi connectivity index (χ1) is 14.0. The highest BCUT2D eigenvalue weighted by Gasteiger charge is 2.14. The van der Waals surface area contributed by atoms with E-state index in [2.05, 4.69) is 19.3 Å². The van der Waals surface area contributed by atoms with Gasteiger partial charge in [-0.15, -0.1) is 0 Å². The van der Waals surface area contributed by atoms with Crippen LogP contribution in [-0.4, -0.2) is 31.2 Å². The minimum Gasteiger partial charge on any atom is -0.756 e. The predicted octanol–water partition coefficient (Wildman–Crippen LogP) is 3.08. The number of phosphoric ester groups is 1. The number of amides is 1. The van der Waals surface area contributed by atoms with Crippen molar-refractivity contribution in [3.63, 3.8) is 0 Å². The van der Waals surface area contributed by atoms with Gasteiger partial charge < -0.3 is 19.3 Å². The van der Waals surface area contributed by atoms with E-state index in [1.807, 2.05) is 54.6 Å². The van der Waals surface area contributed by atoms with E-state index in [0.29, 0.717) is 12.1 Å². The lowest BCUT2D eigenvalue weighted by molar-refractivity contribution is -0.222. The number of fused-ring (bicyclic) bond motifs is 1.